The first-order valence-electron chi connectivity index (χ1n) is 9.25. The molecule has 1 aliphatic rings. The zero-order valence-electron chi connectivity index (χ0n) is 15.7. The lowest BCUT2D eigenvalue weighted by atomic mass is 10.0. The number of aryl methyl sites for hydroxylation is 1. The minimum Gasteiger partial charge on any atom is -0.508 e. The molecule has 4 rings (SSSR count). The van der Waals surface area contributed by atoms with Crippen LogP contribution in [0.3, 0.4) is 0 Å². The van der Waals surface area contributed by atoms with Gasteiger partial charge in [0.2, 0.25) is 0 Å². The molecule has 144 valence electrons. The first kappa shape index (κ1) is 18.7. The molecule has 0 unspecified atom stereocenters. The summed E-state index contributed by atoms with van der Waals surface area (Å²) in [5, 5.41) is 20.9. The number of hydrogen-bond acceptors (Lipinski definition) is 4. The average molecular weight is 396 g/mol. The third-order valence-corrected chi connectivity index (χ3v) is 5.25. The van der Waals surface area contributed by atoms with Gasteiger partial charge >= 0.3 is 0 Å². The monoisotopic (exact) mass is 395 g/mol. The van der Waals surface area contributed by atoms with Crippen molar-refractivity contribution in [3.8, 4) is 28.4 Å². The van der Waals surface area contributed by atoms with Crippen molar-refractivity contribution in [3.05, 3.63) is 76.3 Å². The lowest BCUT2D eigenvalue weighted by molar-refractivity contribution is 0.217. The lowest BCUT2D eigenvalue weighted by Crippen LogP contribution is -2.25. The van der Waals surface area contributed by atoms with E-state index in [-0.39, 0.29) is 5.75 Å². The zero-order chi connectivity index (χ0) is 19.7. The van der Waals surface area contributed by atoms with E-state index >= 15 is 0 Å². The van der Waals surface area contributed by atoms with Crippen LogP contribution in [0.25, 0.3) is 11.1 Å². The molecule has 3 aromatic rings. The van der Waals surface area contributed by atoms with Gasteiger partial charge in [-0.15, -0.1) is 0 Å². The minimum absolute atomic E-state index is 0.148. The molecule has 4 nitrogen and oxygen atoms in total. The highest BCUT2D eigenvalue weighted by molar-refractivity contribution is 6.30. The van der Waals surface area contributed by atoms with Crippen LogP contribution < -0.4 is 4.74 Å². The van der Waals surface area contributed by atoms with Gasteiger partial charge in [0.15, 0.2) is 11.5 Å². The SMILES string of the molecule is Cc1cc(CN2CCOc3c(O)cc(-c4cccc(Cl)c4)cc3C2)ccc1O. The predicted octanol–water partition coefficient (Wildman–Crippen LogP) is 5.12. The Balaban J connectivity index is 1.63. The largest absolute Gasteiger partial charge is 0.508 e. The van der Waals surface area contributed by atoms with E-state index in [4.69, 9.17) is 16.3 Å². The second-order valence-corrected chi connectivity index (χ2v) is 7.61. The summed E-state index contributed by atoms with van der Waals surface area (Å²) in [6.07, 6.45) is 0. The third-order valence-electron chi connectivity index (χ3n) is 5.02. The number of benzene rings is 3. The molecule has 0 fully saturated rings. The summed E-state index contributed by atoms with van der Waals surface area (Å²) in [4.78, 5) is 2.28. The van der Waals surface area contributed by atoms with E-state index in [2.05, 4.69) is 11.0 Å². The van der Waals surface area contributed by atoms with E-state index in [1.165, 1.54) is 0 Å². The molecule has 0 radical (unpaired) electrons. The van der Waals surface area contributed by atoms with Gasteiger partial charge in [0.1, 0.15) is 12.4 Å². The van der Waals surface area contributed by atoms with Crippen LogP contribution in [0.4, 0.5) is 0 Å². The molecule has 0 atom stereocenters. The summed E-state index contributed by atoms with van der Waals surface area (Å²) in [7, 11) is 0. The summed E-state index contributed by atoms with van der Waals surface area (Å²) in [6.45, 7) is 4.56. The van der Waals surface area contributed by atoms with Crippen molar-refractivity contribution in [2.45, 2.75) is 20.0 Å². The summed E-state index contributed by atoms with van der Waals surface area (Å²) >= 11 is 6.13. The topological polar surface area (TPSA) is 52.9 Å². The Kier molecular flexibility index (Phi) is 5.16. The van der Waals surface area contributed by atoms with Crippen molar-refractivity contribution in [2.24, 2.45) is 0 Å². The smallest absolute Gasteiger partial charge is 0.165 e. The maximum absolute atomic E-state index is 10.5. The maximum Gasteiger partial charge on any atom is 0.165 e. The minimum atomic E-state index is 0.148. The number of phenolic OH excluding ortho intramolecular Hbond substituents is 2. The predicted molar refractivity (Wildman–Crippen MR) is 111 cm³/mol. The molecule has 0 bridgehead atoms. The van der Waals surface area contributed by atoms with E-state index in [0.29, 0.717) is 29.7 Å². The molecule has 0 spiro atoms. The Labute approximate surface area is 169 Å². The fourth-order valence-electron chi connectivity index (χ4n) is 3.60. The highest BCUT2D eigenvalue weighted by Gasteiger charge is 2.20. The maximum atomic E-state index is 10.5. The first-order chi connectivity index (χ1) is 13.5. The quantitative estimate of drug-likeness (QED) is 0.646. The molecule has 1 aliphatic heterocycles. The Morgan fingerprint density at radius 3 is 2.64 bits per heavy atom. The van der Waals surface area contributed by atoms with Gasteiger partial charge in [0, 0.05) is 30.2 Å². The van der Waals surface area contributed by atoms with Gasteiger partial charge in [0.05, 0.1) is 0 Å². The molecular formula is C23H22ClNO3. The number of fused-ring (bicyclic) bond motifs is 1. The summed E-state index contributed by atoms with van der Waals surface area (Å²) in [5.74, 6) is 1.01. The fourth-order valence-corrected chi connectivity index (χ4v) is 3.79. The van der Waals surface area contributed by atoms with Crippen LogP contribution in [-0.2, 0) is 13.1 Å². The van der Waals surface area contributed by atoms with Gasteiger partial charge in [-0.2, -0.15) is 0 Å². The van der Waals surface area contributed by atoms with Crippen LogP contribution in [0.2, 0.25) is 5.02 Å². The number of phenols is 2. The molecule has 0 saturated heterocycles. The molecule has 0 aromatic heterocycles. The highest BCUT2D eigenvalue weighted by Crippen LogP contribution is 2.38. The number of hydrogen-bond donors (Lipinski definition) is 2. The average Bonchev–Trinajstić information content (AvgIpc) is 2.87. The third kappa shape index (κ3) is 3.93. The van der Waals surface area contributed by atoms with Gasteiger partial charge < -0.3 is 14.9 Å². The van der Waals surface area contributed by atoms with Crippen molar-refractivity contribution in [1.82, 2.24) is 4.90 Å². The Bertz CT molecular complexity index is 1020. The van der Waals surface area contributed by atoms with E-state index < -0.39 is 0 Å². The van der Waals surface area contributed by atoms with Gasteiger partial charge in [0.25, 0.3) is 0 Å². The van der Waals surface area contributed by atoms with Crippen molar-refractivity contribution in [3.63, 3.8) is 0 Å². The normalized spacial score (nSPS) is 14.2. The number of ether oxygens (including phenoxy) is 1. The van der Waals surface area contributed by atoms with Crippen molar-refractivity contribution in [2.75, 3.05) is 13.2 Å². The van der Waals surface area contributed by atoms with Crippen LogP contribution in [0.5, 0.6) is 17.2 Å². The van der Waals surface area contributed by atoms with Crippen molar-refractivity contribution >= 4 is 11.6 Å². The number of halogens is 1. The van der Waals surface area contributed by atoms with E-state index in [1.54, 1.807) is 12.1 Å². The second-order valence-electron chi connectivity index (χ2n) is 7.17. The molecule has 0 saturated carbocycles. The van der Waals surface area contributed by atoms with Crippen LogP contribution in [0.1, 0.15) is 16.7 Å². The Hall–Kier alpha value is -2.69. The highest BCUT2D eigenvalue weighted by atomic mass is 35.5. The Morgan fingerprint density at radius 1 is 1.00 bits per heavy atom. The van der Waals surface area contributed by atoms with Gasteiger partial charge in [-0.25, -0.2) is 0 Å². The molecular weight excluding hydrogens is 374 g/mol. The van der Waals surface area contributed by atoms with Crippen LogP contribution in [0, 0.1) is 6.92 Å². The van der Waals surface area contributed by atoms with Crippen LogP contribution in [0.15, 0.2) is 54.6 Å². The number of rotatable bonds is 3. The first-order valence-corrected chi connectivity index (χ1v) is 9.63. The molecule has 2 N–H and O–H groups in total. The van der Waals surface area contributed by atoms with Crippen molar-refractivity contribution < 1.29 is 14.9 Å². The molecule has 5 heteroatoms. The van der Waals surface area contributed by atoms with Crippen LogP contribution in [-0.4, -0.2) is 28.3 Å². The summed E-state index contributed by atoms with van der Waals surface area (Å²) in [6, 6.07) is 17.0. The summed E-state index contributed by atoms with van der Waals surface area (Å²) in [5.41, 5.74) is 4.81. The standard InChI is InChI=1S/C23H22ClNO3/c1-15-9-16(5-6-21(15)26)13-25-7-8-28-23-19(14-25)10-18(12-22(23)27)17-3-2-4-20(24)11-17/h2-6,9-12,26-27H,7-8,13-14H2,1H3. The molecule has 28 heavy (non-hydrogen) atoms. The van der Waals surface area contributed by atoms with Gasteiger partial charge in [-0.1, -0.05) is 35.9 Å². The second kappa shape index (κ2) is 7.74. The Morgan fingerprint density at radius 2 is 1.86 bits per heavy atom. The number of nitrogens with zero attached hydrogens (tertiary/aromatic N) is 1. The number of aromatic hydroxyl groups is 2. The molecule has 0 aliphatic carbocycles. The van der Waals surface area contributed by atoms with Gasteiger partial charge in [-0.05, 0) is 59.5 Å². The lowest BCUT2D eigenvalue weighted by Gasteiger charge is -2.20. The van der Waals surface area contributed by atoms with Crippen LogP contribution >= 0.6 is 11.6 Å². The zero-order valence-corrected chi connectivity index (χ0v) is 16.4. The molecule has 1 heterocycles. The van der Waals surface area contributed by atoms with E-state index in [1.807, 2.05) is 43.3 Å². The van der Waals surface area contributed by atoms with Gasteiger partial charge in [-0.3, -0.25) is 4.90 Å². The molecule has 0 amide bonds. The van der Waals surface area contributed by atoms with Crippen molar-refractivity contribution in [1.29, 1.82) is 0 Å². The molecule has 3 aromatic carbocycles. The van der Waals surface area contributed by atoms with E-state index in [0.717, 1.165) is 40.9 Å². The fraction of sp³-hybridized carbons (Fsp3) is 0.217. The van der Waals surface area contributed by atoms with E-state index in [9.17, 15) is 10.2 Å². The summed E-state index contributed by atoms with van der Waals surface area (Å²) < 4.78 is 5.85.